The molecule has 0 rings (SSSR count). The minimum Gasteiger partial charge on any atom is -0.329 e. The molecule has 0 fully saturated rings. The number of unbranched alkanes of at least 4 members (excludes halogenated alkanes) is 13. The van der Waals surface area contributed by atoms with Crippen molar-refractivity contribution in [1.82, 2.24) is 0 Å². The van der Waals surface area contributed by atoms with Gasteiger partial charge in [-0.1, -0.05) is 76.2 Å². The molecule has 33 heavy (non-hydrogen) atoms. The average Bonchev–Trinajstić information content (AvgIpc) is 2.73. The van der Waals surface area contributed by atoms with E-state index in [4.69, 9.17) is 9.05 Å². The highest BCUT2D eigenvalue weighted by atomic mass is 31.2. The molecule has 0 heterocycles. The summed E-state index contributed by atoms with van der Waals surface area (Å²) in [6.07, 6.45) is 29.1. The number of nitrogens with zero attached hydrogens (tertiary/aromatic N) is 1. The van der Waals surface area contributed by atoms with Crippen molar-refractivity contribution >= 4 is 7.82 Å². The molecule has 0 aliphatic carbocycles. The molecule has 0 aliphatic heterocycles. The lowest BCUT2D eigenvalue weighted by Crippen LogP contribution is -2.37. The van der Waals surface area contributed by atoms with Gasteiger partial charge in [0.1, 0.15) is 13.2 Å². The largest absolute Gasteiger partial charge is 0.472 e. The Balaban J connectivity index is 3.39. The van der Waals surface area contributed by atoms with Gasteiger partial charge in [-0.15, -0.1) is 0 Å². The SMILES string of the molecule is CCCCCCCCC/C=C\CCCC/C=C\CCCCCOP(=O)(O)OCC[N+](C)(C)C. The second-order valence-corrected chi connectivity index (χ2v) is 11.6. The van der Waals surface area contributed by atoms with Gasteiger partial charge in [-0.05, 0) is 57.8 Å². The zero-order valence-corrected chi connectivity index (χ0v) is 23.2. The minimum atomic E-state index is -3.90. The molecular formula is C27H55NO4P+. The number of hydrogen-bond donors (Lipinski definition) is 1. The van der Waals surface area contributed by atoms with Crippen LogP contribution in [0.3, 0.4) is 0 Å². The fourth-order valence-electron chi connectivity index (χ4n) is 3.40. The van der Waals surface area contributed by atoms with Crippen LogP contribution in [0.2, 0.25) is 0 Å². The van der Waals surface area contributed by atoms with Gasteiger partial charge in [0.25, 0.3) is 0 Å². The minimum absolute atomic E-state index is 0.220. The molecule has 0 aromatic heterocycles. The highest BCUT2D eigenvalue weighted by Crippen LogP contribution is 2.43. The number of quaternary nitrogens is 1. The molecule has 0 spiro atoms. The van der Waals surface area contributed by atoms with Gasteiger partial charge >= 0.3 is 7.82 Å². The third-order valence-electron chi connectivity index (χ3n) is 5.59. The molecule has 0 saturated carbocycles. The topological polar surface area (TPSA) is 55.8 Å². The quantitative estimate of drug-likeness (QED) is 0.0644. The average molecular weight is 489 g/mol. The van der Waals surface area contributed by atoms with Gasteiger partial charge in [0.2, 0.25) is 0 Å². The van der Waals surface area contributed by atoms with E-state index in [9.17, 15) is 9.46 Å². The number of phosphoric acid groups is 1. The van der Waals surface area contributed by atoms with Crippen LogP contribution in [-0.2, 0) is 13.6 Å². The maximum atomic E-state index is 11.8. The molecule has 0 radical (unpaired) electrons. The van der Waals surface area contributed by atoms with E-state index >= 15 is 0 Å². The summed E-state index contributed by atoms with van der Waals surface area (Å²) in [4.78, 5) is 9.66. The highest BCUT2D eigenvalue weighted by Gasteiger charge is 2.21. The van der Waals surface area contributed by atoms with Crippen LogP contribution in [0.25, 0.3) is 0 Å². The van der Waals surface area contributed by atoms with E-state index in [0.717, 1.165) is 32.1 Å². The van der Waals surface area contributed by atoms with E-state index in [-0.39, 0.29) is 13.2 Å². The number of likely N-dealkylation sites (N-methyl/N-ethyl adjacent to an activating group) is 1. The van der Waals surface area contributed by atoms with Crippen molar-refractivity contribution in [2.24, 2.45) is 0 Å². The van der Waals surface area contributed by atoms with Crippen LogP contribution in [0.1, 0.15) is 110 Å². The predicted molar refractivity (Wildman–Crippen MR) is 142 cm³/mol. The van der Waals surface area contributed by atoms with E-state index in [2.05, 4.69) is 31.2 Å². The summed E-state index contributed by atoms with van der Waals surface area (Å²) in [5, 5.41) is 0. The summed E-state index contributed by atoms with van der Waals surface area (Å²) in [6.45, 7) is 3.43. The van der Waals surface area contributed by atoms with Crippen molar-refractivity contribution in [3.8, 4) is 0 Å². The second-order valence-electron chi connectivity index (χ2n) is 10.1. The Labute approximate surface area is 205 Å². The fraction of sp³-hybridized carbons (Fsp3) is 0.852. The Morgan fingerprint density at radius 2 is 1.03 bits per heavy atom. The number of rotatable bonds is 24. The van der Waals surface area contributed by atoms with Crippen molar-refractivity contribution < 1.29 is 23.0 Å². The first-order valence-electron chi connectivity index (χ1n) is 13.5. The predicted octanol–water partition coefficient (Wildman–Crippen LogP) is 8.20. The van der Waals surface area contributed by atoms with Crippen molar-refractivity contribution in [1.29, 1.82) is 0 Å². The standard InChI is InChI=1S/C27H54NO4P/c1-5-6-7-8-9-10-11-12-13-14-15-16-17-18-19-20-21-22-23-24-26-31-33(29,30)32-27-25-28(2,3)4/h13-14,19-20H,5-12,15-18,21-27H2,1-4H3/p+1/b14-13-,20-19-. The Morgan fingerprint density at radius 3 is 1.52 bits per heavy atom. The van der Waals surface area contributed by atoms with Gasteiger partial charge in [0, 0.05) is 0 Å². The molecule has 5 nitrogen and oxygen atoms in total. The van der Waals surface area contributed by atoms with E-state index < -0.39 is 7.82 Å². The molecule has 196 valence electrons. The van der Waals surface area contributed by atoms with Gasteiger partial charge in [-0.3, -0.25) is 9.05 Å². The lowest BCUT2D eigenvalue weighted by atomic mass is 10.1. The summed E-state index contributed by atoms with van der Waals surface area (Å²) in [6, 6.07) is 0. The lowest BCUT2D eigenvalue weighted by molar-refractivity contribution is -0.870. The third kappa shape index (κ3) is 27.7. The van der Waals surface area contributed by atoms with Crippen LogP contribution >= 0.6 is 7.82 Å². The van der Waals surface area contributed by atoms with Crippen LogP contribution in [0.5, 0.6) is 0 Å². The van der Waals surface area contributed by atoms with Crippen LogP contribution in [0.4, 0.5) is 0 Å². The van der Waals surface area contributed by atoms with Crippen molar-refractivity contribution in [3.63, 3.8) is 0 Å². The normalized spacial score (nSPS) is 14.5. The van der Waals surface area contributed by atoms with E-state index in [1.54, 1.807) is 0 Å². The maximum Gasteiger partial charge on any atom is 0.472 e. The van der Waals surface area contributed by atoms with Gasteiger partial charge < -0.3 is 9.38 Å². The van der Waals surface area contributed by atoms with Crippen LogP contribution < -0.4 is 0 Å². The van der Waals surface area contributed by atoms with Crippen LogP contribution in [-0.4, -0.2) is 50.3 Å². The second kappa shape index (κ2) is 22.0. The Bertz CT molecular complexity index is 529. The van der Waals surface area contributed by atoms with Crippen molar-refractivity contribution in [3.05, 3.63) is 24.3 Å². The van der Waals surface area contributed by atoms with Gasteiger partial charge in [0.15, 0.2) is 0 Å². The molecule has 0 saturated heterocycles. The molecule has 0 amide bonds. The van der Waals surface area contributed by atoms with Crippen molar-refractivity contribution in [2.75, 3.05) is 40.9 Å². The molecule has 0 bridgehead atoms. The summed E-state index contributed by atoms with van der Waals surface area (Å²) in [7, 11) is 2.13. The first kappa shape index (κ1) is 32.5. The molecule has 6 heteroatoms. The Hall–Kier alpha value is -0.450. The number of phosphoric ester groups is 1. The molecular weight excluding hydrogens is 433 g/mol. The fourth-order valence-corrected chi connectivity index (χ4v) is 4.15. The van der Waals surface area contributed by atoms with Crippen molar-refractivity contribution in [2.45, 2.75) is 110 Å². The first-order chi connectivity index (χ1) is 15.8. The third-order valence-corrected chi connectivity index (χ3v) is 6.60. The zero-order chi connectivity index (χ0) is 24.7. The Kier molecular flexibility index (Phi) is 21.7. The molecule has 1 N–H and O–H groups in total. The first-order valence-corrected chi connectivity index (χ1v) is 15.0. The van der Waals surface area contributed by atoms with Gasteiger partial charge in [-0.25, -0.2) is 4.57 Å². The van der Waals surface area contributed by atoms with Gasteiger partial charge in [0.05, 0.1) is 27.7 Å². The number of allylic oxidation sites excluding steroid dienone is 4. The van der Waals surface area contributed by atoms with E-state index in [1.807, 2.05) is 21.1 Å². The summed E-state index contributed by atoms with van der Waals surface area (Å²) in [5.41, 5.74) is 0. The van der Waals surface area contributed by atoms with Gasteiger partial charge in [-0.2, -0.15) is 0 Å². The molecule has 0 aromatic carbocycles. The monoisotopic (exact) mass is 488 g/mol. The maximum absolute atomic E-state index is 11.8. The smallest absolute Gasteiger partial charge is 0.329 e. The molecule has 0 aliphatic rings. The summed E-state index contributed by atoms with van der Waals surface area (Å²) in [5.74, 6) is 0. The zero-order valence-electron chi connectivity index (χ0n) is 22.3. The molecule has 0 aromatic rings. The summed E-state index contributed by atoms with van der Waals surface area (Å²) < 4.78 is 22.5. The van der Waals surface area contributed by atoms with Crippen LogP contribution in [0.15, 0.2) is 24.3 Å². The lowest BCUT2D eigenvalue weighted by Gasteiger charge is -2.24. The van der Waals surface area contributed by atoms with E-state index in [1.165, 1.54) is 70.6 Å². The Morgan fingerprint density at radius 1 is 0.636 bits per heavy atom. The number of hydrogen-bond acceptors (Lipinski definition) is 3. The van der Waals surface area contributed by atoms with E-state index in [0.29, 0.717) is 11.0 Å². The molecule has 1 unspecified atom stereocenters. The summed E-state index contributed by atoms with van der Waals surface area (Å²) >= 11 is 0. The highest BCUT2D eigenvalue weighted by molar-refractivity contribution is 7.47. The van der Waals surface area contributed by atoms with Crippen LogP contribution in [0, 0.1) is 0 Å². The molecule has 1 atom stereocenters.